The van der Waals surface area contributed by atoms with E-state index in [9.17, 15) is 14.0 Å². The third kappa shape index (κ3) is 7.40. The highest BCUT2D eigenvalue weighted by atomic mass is 32.1. The molecule has 3 amide bonds. The first-order valence-electron chi connectivity index (χ1n) is 12.7. The molecule has 0 saturated carbocycles. The van der Waals surface area contributed by atoms with Crippen molar-refractivity contribution in [1.29, 1.82) is 0 Å². The van der Waals surface area contributed by atoms with Crippen LogP contribution in [0.25, 0.3) is 0 Å². The summed E-state index contributed by atoms with van der Waals surface area (Å²) < 4.78 is 19.3. The van der Waals surface area contributed by atoms with Gasteiger partial charge >= 0.3 is 6.03 Å². The van der Waals surface area contributed by atoms with Gasteiger partial charge in [-0.3, -0.25) is 4.79 Å². The van der Waals surface area contributed by atoms with E-state index in [1.807, 2.05) is 49.6 Å². The van der Waals surface area contributed by atoms with E-state index in [0.29, 0.717) is 26.2 Å². The minimum Gasteiger partial charge on any atom is -0.376 e. The van der Waals surface area contributed by atoms with Crippen LogP contribution in [-0.2, 0) is 29.0 Å². The molecule has 0 radical (unpaired) electrons. The van der Waals surface area contributed by atoms with Crippen LogP contribution in [0.1, 0.15) is 41.3 Å². The second kappa shape index (κ2) is 12.8. The summed E-state index contributed by atoms with van der Waals surface area (Å²) in [5.41, 5.74) is 3.73. The Balaban J connectivity index is 1.54. The molecule has 37 heavy (non-hydrogen) atoms. The van der Waals surface area contributed by atoms with E-state index in [2.05, 4.69) is 5.32 Å². The third-order valence-corrected chi connectivity index (χ3v) is 7.65. The number of rotatable bonds is 10. The molecule has 0 spiro atoms. The summed E-state index contributed by atoms with van der Waals surface area (Å²) in [7, 11) is 0. The van der Waals surface area contributed by atoms with Crippen molar-refractivity contribution >= 4 is 29.0 Å². The standard InChI is InChI=1S/C29H34FN3O3S/c1-3-23-7-4-5-9-26(23)31-29(35)33(18-25-8-6-15-36-25)20-28(34)32(19-27-21(2)14-16-37-27)17-22-10-12-24(30)13-11-22/h4-5,7,9-14,16,25H,3,6,8,15,17-20H2,1-2H3,(H,31,35). The fraction of sp³-hybridized carbons (Fsp3) is 0.379. The summed E-state index contributed by atoms with van der Waals surface area (Å²) >= 11 is 1.60. The number of ether oxygens (including phenoxy) is 1. The lowest BCUT2D eigenvalue weighted by atomic mass is 10.1. The maximum Gasteiger partial charge on any atom is 0.322 e. The number of nitrogens with zero attached hydrogens (tertiary/aromatic N) is 2. The first-order chi connectivity index (χ1) is 17.9. The summed E-state index contributed by atoms with van der Waals surface area (Å²) in [6.07, 6.45) is 2.50. The van der Waals surface area contributed by atoms with Gasteiger partial charge in [0.1, 0.15) is 12.4 Å². The molecule has 0 bridgehead atoms. The van der Waals surface area contributed by atoms with Gasteiger partial charge in [0.05, 0.1) is 12.6 Å². The van der Waals surface area contributed by atoms with E-state index in [1.165, 1.54) is 12.1 Å². The van der Waals surface area contributed by atoms with E-state index in [1.54, 1.807) is 33.3 Å². The highest BCUT2D eigenvalue weighted by molar-refractivity contribution is 7.10. The highest BCUT2D eigenvalue weighted by Gasteiger charge is 2.27. The smallest absolute Gasteiger partial charge is 0.322 e. The van der Waals surface area contributed by atoms with E-state index < -0.39 is 0 Å². The van der Waals surface area contributed by atoms with Crippen LogP contribution in [-0.4, -0.2) is 47.5 Å². The van der Waals surface area contributed by atoms with Gasteiger partial charge in [-0.05, 0) is 72.5 Å². The number of aryl methyl sites for hydroxylation is 2. The summed E-state index contributed by atoms with van der Waals surface area (Å²) in [5, 5.41) is 5.02. The van der Waals surface area contributed by atoms with Crippen molar-refractivity contribution in [1.82, 2.24) is 9.80 Å². The number of benzene rings is 2. The number of hydrogen-bond donors (Lipinski definition) is 1. The Morgan fingerprint density at radius 3 is 2.54 bits per heavy atom. The first kappa shape index (κ1) is 26.8. The Labute approximate surface area is 222 Å². The summed E-state index contributed by atoms with van der Waals surface area (Å²) in [4.78, 5) is 31.5. The second-order valence-electron chi connectivity index (χ2n) is 9.36. The van der Waals surface area contributed by atoms with Gasteiger partial charge in [-0.1, -0.05) is 37.3 Å². The molecule has 3 aromatic rings. The van der Waals surface area contributed by atoms with Gasteiger partial charge in [-0.25, -0.2) is 9.18 Å². The molecule has 1 N–H and O–H groups in total. The highest BCUT2D eigenvalue weighted by Crippen LogP contribution is 2.21. The van der Waals surface area contributed by atoms with E-state index in [-0.39, 0.29) is 30.4 Å². The van der Waals surface area contributed by atoms with Crippen molar-refractivity contribution in [2.24, 2.45) is 0 Å². The molecule has 0 aliphatic carbocycles. The maximum absolute atomic E-state index is 13.7. The lowest BCUT2D eigenvalue weighted by molar-refractivity contribution is -0.133. The fourth-order valence-electron chi connectivity index (χ4n) is 4.44. The summed E-state index contributed by atoms with van der Waals surface area (Å²) in [6.45, 7) is 5.74. The molecule has 1 aliphatic heterocycles. The molecule has 1 fully saturated rings. The van der Waals surface area contributed by atoms with Gasteiger partial charge in [-0.2, -0.15) is 0 Å². The van der Waals surface area contributed by atoms with Gasteiger partial charge in [0.25, 0.3) is 0 Å². The van der Waals surface area contributed by atoms with E-state index in [0.717, 1.165) is 46.5 Å². The van der Waals surface area contributed by atoms with Crippen LogP contribution < -0.4 is 5.32 Å². The van der Waals surface area contributed by atoms with E-state index >= 15 is 0 Å². The Kier molecular flexibility index (Phi) is 9.30. The third-order valence-electron chi connectivity index (χ3n) is 6.64. The average molecular weight is 524 g/mol. The van der Waals surface area contributed by atoms with Crippen LogP contribution in [0.3, 0.4) is 0 Å². The lowest BCUT2D eigenvalue weighted by Crippen LogP contribution is -2.47. The number of carbonyl (C=O) groups is 2. The van der Waals surface area contributed by atoms with Crippen molar-refractivity contribution in [2.75, 3.05) is 25.0 Å². The first-order valence-corrected chi connectivity index (χ1v) is 13.6. The zero-order valence-electron chi connectivity index (χ0n) is 21.4. The van der Waals surface area contributed by atoms with Gasteiger partial charge in [0, 0.05) is 30.3 Å². The largest absolute Gasteiger partial charge is 0.376 e. The topological polar surface area (TPSA) is 61.9 Å². The normalized spacial score (nSPS) is 14.9. The van der Waals surface area contributed by atoms with Crippen LogP contribution in [0.2, 0.25) is 0 Å². The molecule has 1 aromatic heterocycles. The van der Waals surface area contributed by atoms with E-state index in [4.69, 9.17) is 4.74 Å². The molecule has 1 atom stereocenters. The molecule has 2 aromatic carbocycles. The van der Waals surface area contributed by atoms with Gasteiger partial charge in [0.15, 0.2) is 0 Å². The number of hydrogen-bond acceptors (Lipinski definition) is 4. The lowest BCUT2D eigenvalue weighted by Gasteiger charge is -2.29. The monoisotopic (exact) mass is 523 g/mol. The van der Waals surface area contributed by atoms with Crippen molar-refractivity contribution in [3.63, 3.8) is 0 Å². The quantitative estimate of drug-likeness (QED) is 0.355. The number of amides is 3. The van der Waals surface area contributed by atoms with Crippen molar-refractivity contribution in [3.05, 3.63) is 87.4 Å². The number of halogens is 1. The predicted octanol–water partition coefficient (Wildman–Crippen LogP) is 6.00. The number of para-hydroxylation sites is 1. The van der Waals surface area contributed by atoms with Crippen LogP contribution in [0.15, 0.2) is 60.0 Å². The summed E-state index contributed by atoms with van der Waals surface area (Å²) in [6, 6.07) is 15.6. The predicted molar refractivity (Wildman–Crippen MR) is 145 cm³/mol. The Hall–Kier alpha value is -3.23. The zero-order valence-corrected chi connectivity index (χ0v) is 22.2. The molecule has 6 nitrogen and oxygen atoms in total. The minimum atomic E-state index is -0.321. The molecule has 1 unspecified atom stereocenters. The Bertz CT molecular complexity index is 1190. The molecule has 196 valence electrons. The molecule has 1 aliphatic rings. The summed E-state index contributed by atoms with van der Waals surface area (Å²) in [5.74, 6) is -0.489. The van der Waals surface area contributed by atoms with Crippen molar-refractivity contribution in [2.45, 2.75) is 52.3 Å². The SMILES string of the molecule is CCc1ccccc1NC(=O)N(CC(=O)N(Cc1ccc(F)cc1)Cc1sccc1C)CC1CCCO1. The fourth-order valence-corrected chi connectivity index (χ4v) is 5.36. The maximum atomic E-state index is 13.7. The number of carbonyl (C=O) groups excluding carboxylic acids is 2. The number of nitrogens with one attached hydrogen (secondary N) is 1. The average Bonchev–Trinajstić information content (AvgIpc) is 3.56. The zero-order chi connectivity index (χ0) is 26.2. The van der Waals surface area contributed by atoms with Crippen LogP contribution in [0.5, 0.6) is 0 Å². The molecular weight excluding hydrogens is 489 g/mol. The van der Waals surface area contributed by atoms with Gasteiger partial charge in [-0.15, -0.1) is 11.3 Å². The Morgan fingerprint density at radius 1 is 1.08 bits per heavy atom. The Morgan fingerprint density at radius 2 is 1.86 bits per heavy atom. The molecule has 1 saturated heterocycles. The molecule has 2 heterocycles. The van der Waals surface area contributed by atoms with Crippen molar-refractivity contribution < 1.29 is 18.7 Å². The molecule has 8 heteroatoms. The second-order valence-corrected chi connectivity index (χ2v) is 10.4. The number of anilines is 1. The van der Waals surface area contributed by atoms with Crippen molar-refractivity contribution in [3.8, 4) is 0 Å². The van der Waals surface area contributed by atoms with Crippen LogP contribution in [0, 0.1) is 12.7 Å². The minimum absolute atomic E-state index is 0.0778. The van der Waals surface area contributed by atoms with Gasteiger partial charge in [0.2, 0.25) is 5.91 Å². The van der Waals surface area contributed by atoms with Gasteiger partial charge < -0.3 is 19.9 Å². The number of urea groups is 1. The number of thiophene rings is 1. The molecular formula is C29H34FN3O3S. The van der Waals surface area contributed by atoms with Crippen LogP contribution in [0.4, 0.5) is 14.9 Å². The molecule has 4 rings (SSSR count). The van der Waals surface area contributed by atoms with Crippen LogP contribution >= 0.6 is 11.3 Å².